The molecule has 0 aliphatic heterocycles. The number of nitrogens with one attached hydrogen (secondary N) is 2. The molecular weight excluding hydrogens is 422 g/mol. The van der Waals surface area contributed by atoms with Gasteiger partial charge < -0.3 is 10.6 Å². The number of amides is 2. The van der Waals surface area contributed by atoms with Gasteiger partial charge >= 0.3 is 0 Å². The van der Waals surface area contributed by atoms with Crippen molar-refractivity contribution in [2.75, 3.05) is 10.6 Å². The molecule has 30 heavy (non-hydrogen) atoms. The van der Waals surface area contributed by atoms with E-state index >= 15 is 0 Å². The van der Waals surface area contributed by atoms with Crippen LogP contribution in [0.1, 0.15) is 43.8 Å². The summed E-state index contributed by atoms with van der Waals surface area (Å²) < 4.78 is 0. The van der Waals surface area contributed by atoms with Crippen LogP contribution >= 0.6 is 22.7 Å². The molecule has 0 bridgehead atoms. The molecule has 0 radical (unpaired) electrons. The van der Waals surface area contributed by atoms with Gasteiger partial charge in [-0.05, 0) is 48.3 Å². The highest BCUT2D eigenvalue weighted by Gasteiger charge is 2.29. The van der Waals surface area contributed by atoms with Gasteiger partial charge in [0.2, 0.25) is 0 Å². The lowest BCUT2D eigenvalue weighted by Crippen LogP contribution is -2.19. The zero-order chi connectivity index (χ0) is 21.3. The molecule has 1 aliphatic rings. The molecule has 0 saturated heterocycles. The average molecular weight is 442 g/mol. The number of nitrogens with zero attached hydrogens (tertiary/aromatic N) is 1. The SMILES string of the molecule is CC1CCc2c(sc(NC(=O)c3cccs3)c2C(=O)Nc2cccc([N+](=O)[O-])c2)C1. The minimum atomic E-state index is -0.504. The molecule has 3 aromatic rings. The first-order chi connectivity index (χ1) is 14.4. The van der Waals surface area contributed by atoms with E-state index in [0.717, 1.165) is 29.7 Å². The summed E-state index contributed by atoms with van der Waals surface area (Å²) in [6.07, 6.45) is 2.60. The van der Waals surface area contributed by atoms with Crippen LogP contribution in [0.2, 0.25) is 0 Å². The summed E-state index contributed by atoms with van der Waals surface area (Å²) in [5, 5.41) is 19.0. The highest BCUT2D eigenvalue weighted by Crippen LogP contribution is 2.40. The first-order valence-corrected chi connectivity index (χ1v) is 11.2. The van der Waals surface area contributed by atoms with Crippen LogP contribution in [0.25, 0.3) is 0 Å². The van der Waals surface area contributed by atoms with Crippen LogP contribution in [0.15, 0.2) is 41.8 Å². The van der Waals surface area contributed by atoms with Gasteiger partial charge in [-0.25, -0.2) is 0 Å². The summed E-state index contributed by atoms with van der Waals surface area (Å²) in [7, 11) is 0. The third-order valence-corrected chi connectivity index (χ3v) is 7.06. The first kappa shape index (κ1) is 20.2. The standard InChI is InChI=1S/C21H19N3O4S2/c1-12-7-8-15-17(10-12)30-21(23-19(25)16-6-3-9-29-16)18(15)20(26)22-13-4-2-5-14(11-13)24(27)28/h2-6,9,11-12H,7-8,10H2,1H3,(H,22,26)(H,23,25). The number of hydrogen-bond donors (Lipinski definition) is 2. The van der Waals surface area contributed by atoms with Gasteiger partial charge in [-0.3, -0.25) is 19.7 Å². The van der Waals surface area contributed by atoms with Crippen molar-refractivity contribution < 1.29 is 14.5 Å². The molecule has 7 nitrogen and oxygen atoms in total. The lowest BCUT2D eigenvalue weighted by molar-refractivity contribution is -0.384. The number of carbonyl (C=O) groups is 2. The van der Waals surface area contributed by atoms with Gasteiger partial charge in [-0.15, -0.1) is 22.7 Å². The number of nitro groups is 1. The van der Waals surface area contributed by atoms with E-state index in [9.17, 15) is 19.7 Å². The number of hydrogen-bond acceptors (Lipinski definition) is 6. The molecule has 1 atom stereocenters. The molecule has 154 valence electrons. The Balaban J connectivity index is 1.66. The molecule has 0 saturated carbocycles. The van der Waals surface area contributed by atoms with Crippen molar-refractivity contribution in [3.8, 4) is 0 Å². The Hall–Kier alpha value is -3.04. The molecule has 2 heterocycles. The second-order valence-electron chi connectivity index (χ2n) is 7.25. The Labute approximate surface area is 180 Å². The van der Waals surface area contributed by atoms with E-state index in [1.807, 2.05) is 5.38 Å². The summed E-state index contributed by atoms with van der Waals surface area (Å²) in [6, 6.07) is 9.36. The molecular formula is C21H19N3O4S2. The topological polar surface area (TPSA) is 101 Å². The number of nitro benzene ring substituents is 1. The largest absolute Gasteiger partial charge is 0.322 e. The van der Waals surface area contributed by atoms with E-state index in [0.29, 0.717) is 27.0 Å². The van der Waals surface area contributed by atoms with Gasteiger partial charge in [0.25, 0.3) is 17.5 Å². The van der Waals surface area contributed by atoms with Crippen molar-refractivity contribution in [2.24, 2.45) is 5.92 Å². The van der Waals surface area contributed by atoms with Gasteiger partial charge in [0.1, 0.15) is 5.00 Å². The predicted molar refractivity (Wildman–Crippen MR) is 119 cm³/mol. The monoisotopic (exact) mass is 441 g/mol. The lowest BCUT2D eigenvalue weighted by Gasteiger charge is -2.18. The third kappa shape index (κ3) is 4.12. The maximum atomic E-state index is 13.2. The minimum absolute atomic E-state index is 0.0970. The predicted octanol–water partition coefficient (Wildman–Crippen LogP) is 5.35. The number of benzene rings is 1. The summed E-state index contributed by atoms with van der Waals surface area (Å²) in [5.74, 6) is -0.102. The van der Waals surface area contributed by atoms with E-state index < -0.39 is 4.92 Å². The highest BCUT2D eigenvalue weighted by molar-refractivity contribution is 7.17. The van der Waals surface area contributed by atoms with Crippen molar-refractivity contribution in [3.63, 3.8) is 0 Å². The number of anilines is 2. The van der Waals surface area contributed by atoms with Crippen molar-refractivity contribution in [1.29, 1.82) is 0 Å². The summed E-state index contributed by atoms with van der Waals surface area (Å²) >= 11 is 2.78. The van der Waals surface area contributed by atoms with Gasteiger partial charge in [0.05, 0.1) is 15.4 Å². The molecule has 4 rings (SSSR count). The normalized spacial score (nSPS) is 15.3. The fourth-order valence-corrected chi connectivity index (χ4v) is 5.56. The van der Waals surface area contributed by atoms with Crippen LogP contribution in [-0.4, -0.2) is 16.7 Å². The van der Waals surface area contributed by atoms with Crippen LogP contribution in [0.4, 0.5) is 16.4 Å². The molecule has 1 aliphatic carbocycles. The Morgan fingerprint density at radius 3 is 2.73 bits per heavy atom. The van der Waals surface area contributed by atoms with E-state index in [2.05, 4.69) is 17.6 Å². The zero-order valence-corrected chi connectivity index (χ0v) is 17.8. The van der Waals surface area contributed by atoms with E-state index in [-0.39, 0.29) is 17.5 Å². The Morgan fingerprint density at radius 2 is 2.00 bits per heavy atom. The summed E-state index contributed by atoms with van der Waals surface area (Å²) in [6.45, 7) is 2.18. The number of non-ortho nitro benzene ring substituents is 1. The summed E-state index contributed by atoms with van der Waals surface area (Å²) in [4.78, 5) is 38.0. The number of rotatable bonds is 5. The van der Waals surface area contributed by atoms with Gasteiger partial charge in [0, 0.05) is 22.7 Å². The quantitative estimate of drug-likeness (QED) is 0.412. The number of fused-ring (bicyclic) bond motifs is 1. The number of thiophene rings is 2. The highest BCUT2D eigenvalue weighted by atomic mass is 32.1. The molecule has 0 spiro atoms. The second-order valence-corrected chi connectivity index (χ2v) is 9.30. The Bertz CT molecular complexity index is 1120. The van der Waals surface area contributed by atoms with Crippen molar-refractivity contribution >= 4 is 50.9 Å². The average Bonchev–Trinajstić information content (AvgIpc) is 3.35. The van der Waals surface area contributed by atoms with Gasteiger partial charge in [-0.1, -0.05) is 19.1 Å². The van der Waals surface area contributed by atoms with Crippen molar-refractivity contribution in [3.05, 3.63) is 72.8 Å². The van der Waals surface area contributed by atoms with Crippen LogP contribution in [0.3, 0.4) is 0 Å². The fraction of sp³-hybridized carbons (Fsp3) is 0.238. The van der Waals surface area contributed by atoms with Crippen molar-refractivity contribution in [1.82, 2.24) is 0 Å². The lowest BCUT2D eigenvalue weighted by atomic mass is 9.88. The second kappa shape index (κ2) is 8.37. The van der Waals surface area contributed by atoms with Crippen LogP contribution in [-0.2, 0) is 12.8 Å². The van der Waals surface area contributed by atoms with Crippen LogP contribution in [0.5, 0.6) is 0 Å². The smallest absolute Gasteiger partial charge is 0.271 e. The van der Waals surface area contributed by atoms with Gasteiger partial charge in [0.15, 0.2) is 0 Å². The maximum Gasteiger partial charge on any atom is 0.271 e. The molecule has 2 N–H and O–H groups in total. The molecule has 1 unspecified atom stereocenters. The van der Waals surface area contributed by atoms with Crippen LogP contribution < -0.4 is 10.6 Å². The first-order valence-electron chi connectivity index (χ1n) is 9.47. The Morgan fingerprint density at radius 1 is 1.17 bits per heavy atom. The van der Waals surface area contributed by atoms with Crippen molar-refractivity contribution in [2.45, 2.75) is 26.2 Å². The summed E-state index contributed by atoms with van der Waals surface area (Å²) in [5.41, 5.74) is 1.66. The van der Waals surface area contributed by atoms with E-state index in [1.165, 1.54) is 40.9 Å². The fourth-order valence-electron chi connectivity index (χ4n) is 3.54. The molecule has 9 heteroatoms. The number of carbonyl (C=O) groups excluding carboxylic acids is 2. The molecule has 2 amide bonds. The third-order valence-electron chi connectivity index (χ3n) is 5.03. The maximum absolute atomic E-state index is 13.2. The van der Waals surface area contributed by atoms with E-state index in [1.54, 1.807) is 18.2 Å². The van der Waals surface area contributed by atoms with Gasteiger partial charge in [-0.2, -0.15) is 0 Å². The minimum Gasteiger partial charge on any atom is -0.322 e. The molecule has 1 aromatic carbocycles. The molecule has 0 fully saturated rings. The zero-order valence-electron chi connectivity index (χ0n) is 16.1. The Kier molecular flexibility index (Phi) is 5.65. The van der Waals surface area contributed by atoms with Crippen LogP contribution in [0, 0.1) is 16.0 Å². The molecule has 2 aromatic heterocycles. The van der Waals surface area contributed by atoms with E-state index in [4.69, 9.17) is 0 Å².